The van der Waals surface area contributed by atoms with Gasteiger partial charge in [-0.25, -0.2) is 4.98 Å². The Labute approximate surface area is 115 Å². The minimum absolute atomic E-state index is 0.816. The molecule has 0 amide bonds. The summed E-state index contributed by atoms with van der Waals surface area (Å²) in [6.45, 7) is 2.94. The molecule has 2 aromatic heterocycles. The van der Waals surface area contributed by atoms with E-state index < -0.39 is 0 Å². The largest absolute Gasteiger partial charge is 0.364 e. The van der Waals surface area contributed by atoms with Crippen molar-refractivity contribution in [1.82, 2.24) is 4.98 Å². The fourth-order valence-corrected chi connectivity index (χ4v) is 3.27. The van der Waals surface area contributed by atoms with E-state index in [0.29, 0.717) is 0 Å². The summed E-state index contributed by atoms with van der Waals surface area (Å²) in [7, 11) is 0. The SMILES string of the molecule is Cc1ccsc1CNc1ncc(Br)cc1Br. The Morgan fingerprint density at radius 1 is 1.44 bits per heavy atom. The van der Waals surface area contributed by atoms with Gasteiger partial charge in [-0.1, -0.05) is 0 Å². The first-order chi connectivity index (χ1) is 7.66. The fourth-order valence-electron chi connectivity index (χ4n) is 1.29. The van der Waals surface area contributed by atoms with Crippen LogP contribution in [0.2, 0.25) is 0 Å². The summed E-state index contributed by atoms with van der Waals surface area (Å²) in [6.07, 6.45) is 1.79. The van der Waals surface area contributed by atoms with Crippen molar-refractivity contribution >= 4 is 49.0 Å². The van der Waals surface area contributed by atoms with Crippen molar-refractivity contribution in [1.29, 1.82) is 0 Å². The lowest BCUT2D eigenvalue weighted by Crippen LogP contribution is -2.01. The molecule has 0 fully saturated rings. The number of aryl methyl sites for hydroxylation is 1. The van der Waals surface area contributed by atoms with Gasteiger partial charge in [0, 0.05) is 15.5 Å². The molecule has 84 valence electrons. The Morgan fingerprint density at radius 3 is 2.88 bits per heavy atom. The quantitative estimate of drug-likeness (QED) is 0.864. The van der Waals surface area contributed by atoms with E-state index >= 15 is 0 Å². The standard InChI is InChI=1S/C11H10Br2N2S/c1-7-2-3-16-10(7)6-15-11-9(13)4-8(12)5-14-11/h2-5H,6H2,1H3,(H,14,15). The Kier molecular flexibility index (Phi) is 4.00. The molecule has 0 radical (unpaired) electrons. The van der Waals surface area contributed by atoms with Crippen LogP contribution in [0.5, 0.6) is 0 Å². The average Bonchev–Trinajstić information content (AvgIpc) is 2.63. The third kappa shape index (κ3) is 2.84. The molecule has 0 aliphatic heterocycles. The molecule has 2 aromatic rings. The predicted octanol–water partition coefficient (Wildman–Crippen LogP) is 4.59. The van der Waals surface area contributed by atoms with Gasteiger partial charge in [0.25, 0.3) is 0 Å². The van der Waals surface area contributed by atoms with E-state index in [2.05, 4.69) is 60.5 Å². The molecule has 0 atom stereocenters. The Bertz CT molecular complexity index is 496. The number of aromatic nitrogens is 1. The van der Waals surface area contributed by atoms with Gasteiger partial charge >= 0.3 is 0 Å². The second-order valence-electron chi connectivity index (χ2n) is 3.36. The first-order valence-corrected chi connectivity index (χ1v) is 7.21. The van der Waals surface area contributed by atoms with Crippen molar-refractivity contribution in [2.24, 2.45) is 0 Å². The van der Waals surface area contributed by atoms with Crippen molar-refractivity contribution in [3.63, 3.8) is 0 Å². The summed E-state index contributed by atoms with van der Waals surface area (Å²) in [4.78, 5) is 5.65. The molecule has 1 N–H and O–H groups in total. The highest BCUT2D eigenvalue weighted by Crippen LogP contribution is 2.25. The van der Waals surface area contributed by atoms with Gasteiger partial charge < -0.3 is 5.32 Å². The second-order valence-corrected chi connectivity index (χ2v) is 6.13. The lowest BCUT2D eigenvalue weighted by Gasteiger charge is -2.07. The zero-order valence-electron chi connectivity index (χ0n) is 8.63. The van der Waals surface area contributed by atoms with Gasteiger partial charge in [-0.3, -0.25) is 0 Å². The summed E-state index contributed by atoms with van der Waals surface area (Å²) < 4.78 is 1.94. The van der Waals surface area contributed by atoms with Gasteiger partial charge in [0.05, 0.1) is 11.0 Å². The van der Waals surface area contributed by atoms with Crippen LogP contribution in [0.25, 0.3) is 0 Å². The van der Waals surface area contributed by atoms with E-state index in [1.807, 2.05) is 6.07 Å². The van der Waals surface area contributed by atoms with Crippen LogP contribution in [0, 0.1) is 6.92 Å². The van der Waals surface area contributed by atoms with Crippen molar-refractivity contribution in [2.75, 3.05) is 5.32 Å². The molecule has 0 aliphatic carbocycles. The third-order valence-corrected chi connectivity index (χ3v) is 4.25. The van der Waals surface area contributed by atoms with Crippen LogP contribution in [0.4, 0.5) is 5.82 Å². The van der Waals surface area contributed by atoms with Crippen molar-refractivity contribution in [3.8, 4) is 0 Å². The number of nitrogens with zero attached hydrogens (tertiary/aromatic N) is 1. The molecule has 0 bridgehead atoms. The highest BCUT2D eigenvalue weighted by Gasteiger charge is 2.04. The molecule has 2 nitrogen and oxygen atoms in total. The van der Waals surface area contributed by atoms with Crippen LogP contribution in [-0.4, -0.2) is 4.98 Å². The second kappa shape index (κ2) is 5.29. The maximum atomic E-state index is 4.31. The third-order valence-electron chi connectivity index (χ3n) is 2.19. The lowest BCUT2D eigenvalue weighted by molar-refractivity contribution is 1.11. The number of thiophene rings is 1. The first kappa shape index (κ1) is 12.1. The summed E-state index contributed by atoms with van der Waals surface area (Å²) in [5, 5.41) is 5.42. The lowest BCUT2D eigenvalue weighted by atomic mass is 10.3. The highest BCUT2D eigenvalue weighted by atomic mass is 79.9. The average molecular weight is 362 g/mol. The maximum absolute atomic E-state index is 4.31. The van der Waals surface area contributed by atoms with Gasteiger partial charge in [0.15, 0.2) is 0 Å². The smallest absolute Gasteiger partial charge is 0.140 e. The van der Waals surface area contributed by atoms with E-state index in [1.165, 1.54) is 10.4 Å². The van der Waals surface area contributed by atoms with E-state index in [4.69, 9.17) is 0 Å². The van der Waals surface area contributed by atoms with Crippen molar-refractivity contribution < 1.29 is 0 Å². The van der Waals surface area contributed by atoms with Crippen LogP contribution in [0.3, 0.4) is 0 Å². The number of hydrogen-bond acceptors (Lipinski definition) is 3. The molecular weight excluding hydrogens is 352 g/mol. The Balaban J connectivity index is 2.08. The summed E-state index contributed by atoms with van der Waals surface area (Å²) in [5.74, 6) is 0.871. The first-order valence-electron chi connectivity index (χ1n) is 4.74. The number of nitrogens with one attached hydrogen (secondary N) is 1. The fraction of sp³-hybridized carbons (Fsp3) is 0.182. The predicted molar refractivity (Wildman–Crippen MR) is 76.0 cm³/mol. The van der Waals surface area contributed by atoms with Crippen LogP contribution < -0.4 is 5.32 Å². The topological polar surface area (TPSA) is 24.9 Å². The van der Waals surface area contributed by atoms with E-state index in [9.17, 15) is 0 Å². The normalized spacial score (nSPS) is 10.4. The zero-order chi connectivity index (χ0) is 11.5. The molecule has 0 aliphatic rings. The number of anilines is 1. The van der Waals surface area contributed by atoms with Gasteiger partial charge in [0.1, 0.15) is 5.82 Å². The van der Waals surface area contributed by atoms with Crippen LogP contribution >= 0.6 is 43.2 Å². The Hall–Kier alpha value is -0.390. The van der Waals surface area contributed by atoms with Gasteiger partial charge in [-0.2, -0.15) is 0 Å². The van der Waals surface area contributed by atoms with Gasteiger partial charge in [-0.05, 0) is 61.9 Å². The number of halogens is 2. The molecule has 0 spiro atoms. The highest BCUT2D eigenvalue weighted by molar-refractivity contribution is 9.11. The van der Waals surface area contributed by atoms with Crippen molar-refractivity contribution in [3.05, 3.63) is 43.1 Å². The van der Waals surface area contributed by atoms with E-state index in [-0.39, 0.29) is 0 Å². The number of hydrogen-bond donors (Lipinski definition) is 1. The molecule has 5 heteroatoms. The van der Waals surface area contributed by atoms with E-state index in [0.717, 1.165) is 21.3 Å². The summed E-state index contributed by atoms with van der Waals surface area (Å²) in [6, 6.07) is 4.11. The Morgan fingerprint density at radius 2 is 2.25 bits per heavy atom. The number of rotatable bonds is 3. The summed E-state index contributed by atoms with van der Waals surface area (Å²) in [5.41, 5.74) is 1.32. The molecule has 2 heterocycles. The van der Waals surface area contributed by atoms with Gasteiger partial charge in [0.2, 0.25) is 0 Å². The molecule has 2 rings (SSSR count). The molecular formula is C11H10Br2N2S. The zero-order valence-corrected chi connectivity index (χ0v) is 12.6. The molecule has 0 unspecified atom stereocenters. The summed E-state index contributed by atoms with van der Waals surface area (Å²) >= 11 is 8.62. The van der Waals surface area contributed by atoms with Crippen LogP contribution in [-0.2, 0) is 6.54 Å². The minimum atomic E-state index is 0.816. The monoisotopic (exact) mass is 360 g/mol. The molecule has 0 saturated carbocycles. The molecule has 16 heavy (non-hydrogen) atoms. The molecule has 0 aromatic carbocycles. The number of pyridine rings is 1. The van der Waals surface area contributed by atoms with Crippen LogP contribution in [0.15, 0.2) is 32.7 Å². The van der Waals surface area contributed by atoms with E-state index in [1.54, 1.807) is 17.5 Å². The van der Waals surface area contributed by atoms with Gasteiger partial charge in [-0.15, -0.1) is 11.3 Å². The van der Waals surface area contributed by atoms with Crippen molar-refractivity contribution in [2.45, 2.75) is 13.5 Å². The molecule has 0 saturated heterocycles. The minimum Gasteiger partial charge on any atom is -0.364 e. The van der Waals surface area contributed by atoms with Crippen LogP contribution in [0.1, 0.15) is 10.4 Å². The maximum Gasteiger partial charge on any atom is 0.140 e.